The van der Waals surface area contributed by atoms with E-state index in [-0.39, 0.29) is 11.9 Å². The molecule has 4 rings (SSSR count). The van der Waals surface area contributed by atoms with Crippen molar-refractivity contribution in [2.75, 3.05) is 45.2 Å². The summed E-state index contributed by atoms with van der Waals surface area (Å²) >= 11 is 0. The zero-order valence-electron chi connectivity index (χ0n) is 20.1. The maximum Gasteiger partial charge on any atom is 0.306 e. The number of aryl methyl sites for hydroxylation is 1. The number of esters is 1. The molecular formula is C27H34N4O3. The molecule has 34 heavy (non-hydrogen) atoms. The molecule has 1 unspecified atom stereocenters. The van der Waals surface area contributed by atoms with Crippen LogP contribution in [-0.4, -0.2) is 67.8 Å². The maximum atomic E-state index is 12.8. The summed E-state index contributed by atoms with van der Waals surface area (Å²) in [5.41, 5.74) is 4.84. The Morgan fingerprint density at radius 3 is 2.59 bits per heavy atom. The Kier molecular flexibility index (Phi) is 7.95. The summed E-state index contributed by atoms with van der Waals surface area (Å²) in [6.45, 7) is 6.19. The molecule has 0 radical (unpaired) electrons. The highest BCUT2D eigenvalue weighted by Gasteiger charge is 2.22. The monoisotopic (exact) mass is 462 g/mol. The molecule has 1 N–H and O–H groups in total. The van der Waals surface area contributed by atoms with Crippen molar-refractivity contribution in [3.05, 3.63) is 64.7 Å². The van der Waals surface area contributed by atoms with E-state index in [1.165, 1.54) is 11.1 Å². The van der Waals surface area contributed by atoms with E-state index in [1.807, 2.05) is 55.6 Å². The number of hydrazone groups is 1. The summed E-state index contributed by atoms with van der Waals surface area (Å²) in [6, 6.07) is 13.6. The topological polar surface area (TPSA) is 74.2 Å². The van der Waals surface area contributed by atoms with E-state index in [2.05, 4.69) is 27.4 Å². The minimum absolute atomic E-state index is 0.115. The quantitative estimate of drug-likeness (QED) is 0.503. The number of hydrogen-bond donors (Lipinski definition) is 1. The molecule has 1 fully saturated rings. The summed E-state index contributed by atoms with van der Waals surface area (Å²) in [5, 5.41) is 9.64. The number of nitrogens with zero attached hydrogens (tertiary/aromatic N) is 3. The van der Waals surface area contributed by atoms with Gasteiger partial charge in [-0.1, -0.05) is 18.2 Å². The number of ether oxygens (including phenoxy) is 1. The minimum Gasteiger partial charge on any atom is -0.466 e. The number of piperazine rings is 1. The van der Waals surface area contributed by atoms with Crippen LogP contribution in [-0.2, 0) is 22.4 Å². The van der Waals surface area contributed by atoms with Crippen LogP contribution in [0.4, 0.5) is 5.69 Å². The van der Waals surface area contributed by atoms with Crippen molar-refractivity contribution in [3.63, 3.8) is 0 Å². The van der Waals surface area contributed by atoms with Crippen LogP contribution in [0.15, 0.2) is 47.6 Å². The number of rotatable bonds is 7. The number of benzene rings is 2. The lowest BCUT2D eigenvalue weighted by molar-refractivity contribution is -0.144. The SMILES string of the molecule is CCOC(=O)CC1CCc2cc(C(=O)Nc3ccc(C=NN4CCN(C)CC4)cc3)ccc2C1. The van der Waals surface area contributed by atoms with Gasteiger partial charge in [0.1, 0.15) is 0 Å². The van der Waals surface area contributed by atoms with Crippen molar-refractivity contribution < 1.29 is 14.3 Å². The van der Waals surface area contributed by atoms with Crippen molar-refractivity contribution in [1.82, 2.24) is 9.91 Å². The molecule has 2 aromatic carbocycles. The predicted molar refractivity (Wildman–Crippen MR) is 134 cm³/mol. The average molecular weight is 463 g/mol. The van der Waals surface area contributed by atoms with Crippen LogP contribution in [0.25, 0.3) is 0 Å². The highest BCUT2D eigenvalue weighted by atomic mass is 16.5. The number of carbonyl (C=O) groups is 2. The van der Waals surface area contributed by atoms with Crippen molar-refractivity contribution in [2.24, 2.45) is 11.0 Å². The van der Waals surface area contributed by atoms with Gasteiger partial charge in [-0.2, -0.15) is 5.10 Å². The highest BCUT2D eigenvalue weighted by Crippen LogP contribution is 2.29. The molecule has 1 aliphatic carbocycles. The van der Waals surface area contributed by atoms with E-state index in [1.54, 1.807) is 0 Å². The summed E-state index contributed by atoms with van der Waals surface area (Å²) in [7, 11) is 2.13. The molecule has 0 bridgehead atoms. The van der Waals surface area contributed by atoms with Crippen LogP contribution in [0.2, 0.25) is 0 Å². The molecule has 1 amide bonds. The molecular weight excluding hydrogens is 428 g/mol. The zero-order chi connectivity index (χ0) is 23.9. The number of hydrogen-bond acceptors (Lipinski definition) is 6. The number of amides is 1. The molecule has 0 aromatic heterocycles. The predicted octanol–water partition coefficient (Wildman–Crippen LogP) is 3.58. The van der Waals surface area contributed by atoms with Gasteiger partial charge in [0, 0.05) is 43.9 Å². The average Bonchev–Trinajstić information content (AvgIpc) is 2.84. The Bertz CT molecular complexity index is 1030. The molecule has 1 aliphatic heterocycles. The van der Waals surface area contributed by atoms with Gasteiger partial charge >= 0.3 is 5.97 Å². The van der Waals surface area contributed by atoms with E-state index in [9.17, 15) is 9.59 Å². The van der Waals surface area contributed by atoms with Crippen molar-refractivity contribution in [1.29, 1.82) is 0 Å². The maximum absolute atomic E-state index is 12.8. The van der Waals surface area contributed by atoms with Gasteiger partial charge in [-0.15, -0.1) is 0 Å². The molecule has 0 spiro atoms. The van der Waals surface area contributed by atoms with E-state index in [0.29, 0.717) is 24.5 Å². The van der Waals surface area contributed by atoms with Gasteiger partial charge in [-0.3, -0.25) is 14.6 Å². The number of carbonyl (C=O) groups excluding carboxylic acids is 2. The van der Waals surface area contributed by atoms with E-state index in [0.717, 1.165) is 56.7 Å². The number of anilines is 1. The van der Waals surface area contributed by atoms with Gasteiger partial charge in [0.2, 0.25) is 0 Å². The van der Waals surface area contributed by atoms with Crippen LogP contribution < -0.4 is 5.32 Å². The van der Waals surface area contributed by atoms with Gasteiger partial charge in [0.05, 0.1) is 12.8 Å². The molecule has 180 valence electrons. The first-order chi connectivity index (χ1) is 16.5. The normalized spacial score (nSPS) is 18.5. The van der Waals surface area contributed by atoms with E-state index < -0.39 is 0 Å². The fraction of sp³-hybridized carbons (Fsp3) is 0.444. The Morgan fingerprint density at radius 1 is 1.09 bits per heavy atom. The van der Waals surface area contributed by atoms with Crippen LogP contribution in [0, 0.1) is 5.92 Å². The second-order valence-electron chi connectivity index (χ2n) is 9.18. The first-order valence-corrected chi connectivity index (χ1v) is 12.2. The third-order valence-electron chi connectivity index (χ3n) is 6.58. The molecule has 2 aromatic rings. The van der Waals surface area contributed by atoms with Crippen LogP contribution in [0.5, 0.6) is 0 Å². The first-order valence-electron chi connectivity index (χ1n) is 12.2. The van der Waals surface area contributed by atoms with Crippen LogP contribution >= 0.6 is 0 Å². The standard InChI is InChI=1S/C27H34N4O3/c1-3-34-26(32)17-21-4-7-23-18-24(9-8-22(23)16-21)27(33)29-25-10-5-20(6-11-25)19-28-31-14-12-30(2)13-15-31/h5-6,8-11,18-19,21H,3-4,7,12-17H2,1-2H3,(H,29,33). The molecule has 1 heterocycles. The Hall–Kier alpha value is -3.19. The lowest BCUT2D eigenvalue weighted by Gasteiger charge is -2.30. The van der Waals surface area contributed by atoms with Gasteiger partial charge in [-0.05, 0) is 80.1 Å². The fourth-order valence-electron chi connectivity index (χ4n) is 4.52. The van der Waals surface area contributed by atoms with Crippen LogP contribution in [0.1, 0.15) is 46.8 Å². The van der Waals surface area contributed by atoms with Gasteiger partial charge < -0.3 is 15.0 Å². The van der Waals surface area contributed by atoms with Crippen molar-refractivity contribution in [2.45, 2.75) is 32.6 Å². The fourth-order valence-corrected chi connectivity index (χ4v) is 4.52. The number of fused-ring (bicyclic) bond motifs is 1. The summed E-state index contributed by atoms with van der Waals surface area (Å²) < 4.78 is 5.09. The lowest BCUT2D eigenvalue weighted by Crippen LogP contribution is -2.41. The third kappa shape index (κ3) is 6.44. The van der Waals surface area contributed by atoms with E-state index >= 15 is 0 Å². The largest absolute Gasteiger partial charge is 0.466 e. The summed E-state index contributed by atoms with van der Waals surface area (Å²) in [6.07, 6.45) is 5.00. The third-order valence-corrected chi connectivity index (χ3v) is 6.58. The van der Waals surface area contributed by atoms with Gasteiger partial charge in [-0.25, -0.2) is 0 Å². The first kappa shape index (κ1) is 24.0. The second kappa shape index (κ2) is 11.3. The molecule has 2 aliphatic rings. The summed E-state index contributed by atoms with van der Waals surface area (Å²) in [5.74, 6) is 0.0726. The highest BCUT2D eigenvalue weighted by molar-refractivity contribution is 6.04. The van der Waals surface area contributed by atoms with Crippen LogP contribution in [0.3, 0.4) is 0 Å². The van der Waals surface area contributed by atoms with Gasteiger partial charge in [0.25, 0.3) is 5.91 Å². The van der Waals surface area contributed by atoms with Crippen molar-refractivity contribution in [3.8, 4) is 0 Å². The molecule has 0 saturated carbocycles. The Morgan fingerprint density at radius 2 is 1.85 bits per heavy atom. The minimum atomic E-state index is -0.122. The molecule has 7 nitrogen and oxygen atoms in total. The molecule has 7 heteroatoms. The van der Waals surface area contributed by atoms with E-state index in [4.69, 9.17) is 4.74 Å². The Balaban J connectivity index is 1.31. The molecule has 1 atom stereocenters. The second-order valence-corrected chi connectivity index (χ2v) is 9.18. The Labute approximate surface area is 201 Å². The summed E-state index contributed by atoms with van der Waals surface area (Å²) in [4.78, 5) is 26.9. The zero-order valence-corrected chi connectivity index (χ0v) is 20.1. The molecule has 1 saturated heterocycles. The van der Waals surface area contributed by atoms with Gasteiger partial charge in [0.15, 0.2) is 0 Å². The number of likely N-dealkylation sites (N-methyl/N-ethyl adjacent to an activating group) is 1. The smallest absolute Gasteiger partial charge is 0.306 e. The van der Waals surface area contributed by atoms with Crippen molar-refractivity contribution >= 4 is 23.8 Å². The lowest BCUT2D eigenvalue weighted by atomic mass is 9.81. The number of nitrogens with one attached hydrogen (secondary N) is 1.